The molecule has 0 aromatic carbocycles. The molecule has 0 radical (unpaired) electrons. The van der Waals surface area contributed by atoms with Gasteiger partial charge in [0.1, 0.15) is 5.82 Å². The molecule has 74 valence electrons. The normalized spacial score (nSPS) is 13.2. The summed E-state index contributed by atoms with van der Waals surface area (Å²) in [6, 6.07) is 0. The van der Waals surface area contributed by atoms with E-state index in [0.29, 0.717) is 0 Å². The van der Waals surface area contributed by atoms with E-state index in [-0.39, 0.29) is 5.38 Å². The fraction of sp³-hybridized carbons (Fsp3) is 0.667. The van der Waals surface area contributed by atoms with E-state index >= 15 is 0 Å². The van der Waals surface area contributed by atoms with Crippen LogP contribution in [-0.4, -0.2) is 28.0 Å². The molecule has 0 spiro atoms. The Morgan fingerprint density at radius 2 is 2.46 bits per heavy atom. The van der Waals surface area contributed by atoms with Gasteiger partial charge in [-0.2, -0.15) is 0 Å². The maximum absolute atomic E-state index is 5.79. The minimum absolute atomic E-state index is 0.196. The highest BCUT2D eigenvalue weighted by atomic mass is 35.5. The number of hydrogen-bond acceptors (Lipinski definition) is 2. The van der Waals surface area contributed by atoms with Gasteiger partial charge in [0, 0.05) is 44.3 Å². The highest BCUT2D eigenvalue weighted by Gasteiger charge is 1.99. The lowest BCUT2D eigenvalue weighted by atomic mass is 10.4. The molecule has 0 aliphatic heterocycles. The van der Waals surface area contributed by atoms with Crippen molar-refractivity contribution in [2.75, 3.05) is 13.1 Å². The molecule has 0 saturated heterocycles. The largest absolute Gasteiger partial charge is 0.338 e. The monoisotopic (exact) mass is 201 g/mol. The van der Waals surface area contributed by atoms with Crippen molar-refractivity contribution in [1.82, 2.24) is 14.9 Å². The van der Waals surface area contributed by atoms with Gasteiger partial charge in [0.25, 0.3) is 0 Å². The van der Waals surface area contributed by atoms with Crippen molar-refractivity contribution in [2.45, 2.75) is 18.7 Å². The van der Waals surface area contributed by atoms with Crippen LogP contribution >= 0.6 is 11.6 Å². The highest BCUT2D eigenvalue weighted by Crippen LogP contribution is 1.94. The highest BCUT2D eigenvalue weighted by molar-refractivity contribution is 6.20. The van der Waals surface area contributed by atoms with Gasteiger partial charge in [0.05, 0.1) is 0 Å². The number of rotatable bonds is 5. The van der Waals surface area contributed by atoms with E-state index < -0.39 is 0 Å². The average molecular weight is 202 g/mol. The van der Waals surface area contributed by atoms with E-state index in [9.17, 15) is 0 Å². The molecule has 13 heavy (non-hydrogen) atoms. The van der Waals surface area contributed by atoms with Gasteiger partial charge in [-0.15, -0.1) is 11.6 Å². The van der Waals surface area contributed by atoms with Crippen LogP contribution in [0.5, 0.6) is 0 Å². The Bertz CT molecular complexity index is 245. The molecule has 0 aliphatic carbocycles. The predicted molar refractivity (Wildman–Crippen MR) is 55.1 cm³/mol. The summed E-state index contributed by atoms with van der Waals surface area (Å²) < 4.78 is 2.03. The van der Waals surface area contributed by atoms with Crippen molar-refractivity contribution in [3.05, 3.63) is 18.2 Å². The summed E-state index contributed by atoms with van der Waals surface area (Å²) >= 11 is 5.79. The van der Waals surface area contributed by atoms with E-state index in [1.54, 1.807) is 0 Å². The summed E-state index contributed by atoms with van der Waals surface area (Å²) in [4.78, 5) is 4.22. The van der Waals surface area contributed by atoms with Crippen LogP contribution in [0.2, 0.25) is 0 Å². The van der Waals surface area contributed by atoms with E-state index in [2.05, 4.69) is 10.3 Å². The predicted octanol–water partition coefficient (Wildman–Crippen LogP) is 1.18. The topological polar surface area (TPSA) is 29.9 Å². The van der Waals surface area contributed by atoms with Gasteiger partial charge in [-0.1, -0.05) is 0 Å². The number of hydrogen-bond donors (Lipinski definition) is 1. The molecule has 0 aliphatic rings. The van der Waals surface area contributed by atoms with Crippen LogP contribution in [0.1, 0.15) is 12.7 Å². The third kappa shape index (κ3) is 3.79. The lowest BCUT2D eigenvalue weighted by molar-refractivity contribution is 0.648. The molecular weight excluding hydrogens is 186 g/mol. The number of halogens is 1. The van der Waals surface area contributed by atoms with Crippen molar-refractivity contribution >= 4 is 11.6 Å². The molecular formula is C9H16ClN3. The second-order valence-corrected chi connectivity index (χ2v) is 3.93. The molecule has 1 aromatic rings. The van der Waals surface area contributed by atoms with Gasteiger partial charge < -0.3 is 9.88 Å². The Morgan fingerprint density at radius 1 is 1.69 bits per heavy atom. The summed E-state index contributed by atoms with van der Waals surface area (Å²) in [7, 11) is 2.01. The standard InChI is InChI=1S/C9H16ClN3/c1-8(10)7-11-4-3-9-12-5-6-13(9)2/h5-6,8,11H,3-4,7H2,1-2H3. The molecule has 1 rings (SSSR count). The van der Waals surface area contributed by atoms with Gasteiger partial charge in [0.2, 0.25) is 0 Å². The Labute approximate surface area is 84.1 Å². The Morgan fingerprint density at radius 3 is 3.00 bits per heavy atom. The van der Waals surface area contributed by atoms with Gasteiger partial charge in [-0.05, 0) is 6.92 Å². The van der Waals surface area contributed by atoms with Crippen molar-refractivity contribution in [3.63, 3.8) is 0 Å². The summed E-state index contributed by atoms with van der Waals surface area (Å²) in [5, 5.41) is 3.46. The number of aryl methyl sites for hydroxylation is 1. The molecule has 1 atom stereocenters. The van der Waals surface area contributed by atoms with E-state index in [1.165, 1.54) is 0 Å². The van der Waals surface area contributed by atoms with Crippen molar-refractivity contribution < 1.29 is 0 Å². The van der Waals surface area contributed by atoms with Gasteiger partial charge in [-0.3, -0.25) is 0 Å². The third-order valence-corrected chi connectivity index (χ3v) is 2.03. The van der Waals surface area contributed by atoms with Crippen molar-refractivity contribution in [2.24, 2.45) is 7.05 Å². The maximum atomic E-state index is 5.79. The smallest absolute Gasteiger partial charge is 0.109 e. The second kappa shape index (κ2) is 5.25. The SMILES string of the molecule is CC(Cl)CNCCc1nccn1C. The van der Waals surface area contributed by atoms with Crippen LogP contribution in [0.25, 0.3) is 0 Å². The number of nitrogens with zero attached hydrogens (tertiary/aromatic N) is 2. The van der Waals surface area contributed by atoms with Crippen molar-refractivity contribution in [3.8, 4) is 0 Å². The lowest BCUT2D eigenvalue weighted by Crippen LogP contribution is -2.24. The molecule has 0 amide bonds. The number of nitrogens with one attached hydrogen (secondary N) is 1. The van der Waals surface area contributed by atoms with Crippen LogP contribution < -0.4 is 5.32 Å². The first-order valence-electron chi connectivity index (χ1n) is 4.51. The Balaban J connectivity index is 2.17. The Hall–Kier alpha value is -0.540. The molecule has 1 heterocycles. The fourth-order valence-corrected chi connectivity index (χ4v) is 1.25. The van der Waals surface area contributed by atoms with Crippen LogP contribution in [0, 0.1) is 0 Å². The molecule has 1 unspecified atom stereocenters. The first-order valence-corrected chi connectivity index (χ1v) is 4.95. The van der Waals surface area contributed by atoms with Gasteiger partial charge >= 0.3 is 0 Å². The van der Waals surface area contributed by atoms with Gasteiger partial charge in [0.15, 0.2) is 0 Å². The molecule has 3 nitrogen and oxygen atoms in total. The average Bonchev–Trinajstić information content (AvgIpc) is 2.45. The number of alkyl halides is 1. The summed E-state index contributed by atoms with van der Waals surface area (Å²) in [5.41, 5.74) is 0. The van der Waals surface area contributed by atoms with Crippen LogP contribution in [0.3, 0.4) is 0 Å². The van der Waals surface area contributed by atoms with Crippen LogP contribution in [0.15, 0.2) is 12.4 Å². The zero-order chi connectivity index (χ0) is 9.68. The van der Waals surface area contributed by atoms with Gasteiger partial charge in [-0.25, -0.2) is 4.98 Å². The molecule has 0 fully saturated rings. The minimum Gasteiger partial charge on any atom is -0.338 e. The first kappa shape index (κ1) is 10.5. The molecule has 1 aromatic heterocycles. The number of imidazole rings is 1. The fourth-order valence-electron chi connectivity index (χ4n) is 1.14. The molecule has 1 N–H and O–H groups in total. The third-order valence-electron chi connectivity index (χ3n) is 1.87. The molecule has 0 saturated carbocycles. The summed E-state index contributed by atoms with van der Waals surface area (Å²) in [6.07, 6.45) is 4.73. The number of aromatic nitrogens is 2. The first-order chi connectivity index (χ1) is 6.20. The Kier molecular flexibility index (Phi) is 4.25. The van der Waals surface area contributed by atoms with E-state index in [1.807, 2.05) is 30.9 Å². The van der Waals surface area contributed by atoms with Crippen LogP contribution in [-0.2, 0) is 13.5 Å². The zero-order valence-electron chi connectivity index (χ0n) is 8.13. The van der Waals surface area contributed by atoms with Crippen molar-refractivity contribution in [1.29, 1.82) is 0 Å². The maximum Gasteiger partial charge on any atom is 0.109 e. The van der Waals surface area contributed by atoms with Crippen LogP contribution in [0.4, 0.5) is 0 Å². The van der Waals surface area contributed by atoms with E-state index in [4.69, 9.17) is 11.6 Å². The molecule has 4 heteroatoms. The molecule has 0 bridgehead atoms. The van der Waals surface area contributed by atoms with E-state index in [0.717, 1.165) is 25.3 Å². The summed E-state index contributed by atoms with van der Waals surface area (Å²) in [6.45, 7) is 3.77. The quantitative estimate of drug-likeness (QED) is 0.573. The minimum atomic E-state index is 0.196. The second-order valence-electron chi connectivity index (χ2n) is 3.19. The zero-order valence-corrected chi connectivity index (χ0v) is 8.88. The lowest BCUT2D eigenvalue weighted by Gasteiger charge is -2.05. The summed E-state index contributed by atoms with van der Waals surface area (Å²) in [5.74, 6) is 1.11.